The quantitative estimate of drug-likeness (QED) is 0.0897. The molecule has 0 aromatic heterocycles. The summed E-state index contributed by atoms with van der Waals surface area (Å²) in [6.45, 7) is 0. The first-order valence-electron chi connectivity index (χ1n) is 15.8. The molecule has 0 spiro atoms. The van der Waals surface area contributed by atoms with Crippen molar-refractivity contribution in [3.8, 4) is 0 Å². The van der Waals surface area contributed by atoms with Gasteiger partial charge in [0.05, 0.1) is 0 Å². The second kappa shape index (κ2) is 14.5. The first-order chi connectivity index (χ1) is 22.9. The average molecular weight is 745 g/mol. The zero-order valence-corrected chi connectivity index (χ0v) is 31.0. The van der Waals surface area contributed by atoms with Crippen molar-refractivity contribution in [1.29, 1.82) is 0 Å². The van der Waals surface area contributed by atoms with Gasteiger partial charge in [-0.05, 0) is 0 Å². The summed E-state index contributed by atoms with van der Waals surface area (Å²) in [6.07, 6.45) is 0. The second-order valence-electron chi connectivity index (χ2n) is 12.0. The van der Waals surface area contributed by atoms with Gasteiger partial charge < -0.3 is 0 Å². The Kier molecular flexibility index (Phi) is 10.1. The molecule has 0 heterocycles. The van der Waals surface area contributed by atoms with Crippen LogP contribution in [-0.2, 0) is 19.8 Å². The molecule has 6 rings (SSSR count). The van der Waals surface area contributed by atoms with E-state index in [1.165, 1.54) is 36.7 Å². The normalized spacial score (nSPS) is 12.6. The van der Waals surface area contributed by atoms with Gasteiger partial charge in [-0.1, -0.05) is 0 Å². The summed E-state index contributed by atoms with van der Waals surface area (Å²) in [5, 5.41) is 7.73. The van der Waals surface area contributed by atoms with Crippen molar-refractivity contribution >= 4 is 59.3 Å². The fourth-order valence-electron chi connectivity index (χ4n) is 6.53. The van der Waals surface area contributed by atoms with Crippen LogP contribution in [-0.4, -0.2) is 33.1 Å². The molecule has 0 aliphatic heterocycles. The third kappa shape index (κ3) is 6.00. The third-order valence-corrected chi connectivity index (χ3v) is 43.1. The molecule has 0 bridgehead atoms. The van der Waals surface area contributed by atoms with Crippen LogP contribution in [0, 0.1) is 0 Å². The van der Waals surface area contributed by atoms with Crippen LogP contribution >= 0.6 is 11.2 Å². The molecule has 0 fully saturated rings. The number of benzene rings is 6. The summed E-state index contributed by atoms with van der Waals surface area (Å²) in [5.74, 6) is 0. The fraction of sp³-hybridized carbons (Fsp3) is 0.0976. The molecule has 0 atom stereocenters. The minimum absolute atomic E-state index is 1.15. The predicted octanol–water partition coefficient (Wildman–Crippen LogP) is 6.21. The van der Waals surface area contributed by atoms with Crippen LogP contribution in [0.25, 0.3) is 0 Å². The van der Waals surface area contributed by atoms with E-state index in [0.717, 1.165) is 11.4 Å². The Labute approximate surface area is 285 Å². The van der Waals surface area contributed by atoms with Crippen LogP contribution < -0.4 is 41.6 Å². The minimum atomic E-state index is -3.04. The van der Waals surface area contributed by atoms with Crippen LogP contribution in [0.2, 0.25) is 0 Å². The van der Waals surface area contributed by atoms with E-state index in [-0.39, 0.29) is 0 Å². The molecule has 6 aromatic rings. The number of nitrogens with zero attached hydrogens (tertiary/aromatic N) is 2. The summed E-state index contributed by atoms with van der Waals surface area (Å²) in [6, 6.07) is 62.2. The van der Waals surface area contributed by atoms with Crippen molar-refractivity contribution in [2.75, 3.05) is 38.0 Å². The zero-order valence-electron chi connectivity index (χ0n) is 27.4. The van der Waals surface area contributed by atoms with Crippen molar-refractivity contribution < 1.29 is 19.8 Å². The second-order valence-corrected chi connectivity index (χ2v) is 33.3. The van der Waals surface area contributed by atoms with E-state index in [1.807, 2.05) is 0 Å². The van der Waals surface area contributed by atoms with Crippen LogP contribution in [0.4, 0.5) is 11.4 Å². The van der Waals surface area contributed by atoms with Gasteiger partial charge in [0.1, 0.15) is 0 Å². The molecule has 6 aromatic carbocycles. The zero-order chi connectivity index (χ0) is 32.9. The predicted molar refractivity (Wildman–Crippen MR) is 208 cm³/mol. The van der Waals surface area contributed by atoms with Crippen LogP contribution in [0.1, 0.15) is 0 Å². The molecule has 0 saturated heterocycles. The van der Waals surface area contributed by atoms with Crippen molar-refractivity contribution in [2.45, 2.75) is 0 Å². The number of hydrogen-bond acceptors (Lipinski definition) is 3. The summed E-state index contributed by atoms with van der Waals surface area (Å²) >= 11 is -2.44. The topological polar surface area (TPSA) is 23.6 Å². The van der Waals surface area contributed by atoms with Gasteiger partial charge in [-0.25, -0.2) is 0 Å². The molecule has 6 heteroatoms. The Morgan fingerprint density at radius 1 is 0.383 bits per heavy atom. The van der Waals surface area contributed by atoms with Crippen LogP contribution in [0.3, 0.4) is 0 Å². The van der Waals surface area contributed by atoms with Gasteiger partial charge in [0.25, 0.3) is 0 Å². The average Bonchev–Trinajstić information content (AvgIpc) is 3.13. The fourth-order valence-corrected chi connectivity index (χ4v) is 49.7. The van der Waals surface area contributed by atoms with E-state index in [2.05, 4.69) is 208 Å². The van der Waals surface area contributed by atoms with Crippen LogP contribution in [0.5, 0.6) is 0 Å². The Balaban J connectivity index is 1.82. The molecule has 3 nitrogen and oxygen atoms in total. The standard InChI is InChI=1S/2C20H20NP.CHO.Rh/c2*1-21(2)17-13-15-20(16-14-17)22(18-9-5-3-6-10-18)19-11-7-4-8-12-19;1-2;/h2*3-16H,1-2H3;1H;/q;;;-2/p+2. The van der Waals surface area contributed by atoms with Gasteiger partial charge in [0.2, 0.25) is 0 Å². The van der Waals surface area contributed by atoms with E-state index >= 15 is 0 Å². The van der Waals surface area contributed by atoms with Gasteiger partial charge in [0.15, 0.2) is 0 Å². The van der Waals surface area contributed by atoms with E-state index in [0.29, 0.717) is 0 Å². The molecule has 0 amide bonds. The maximum absolute atomic E-state index is 14.7. The Morgan fingerprint density at radius 3 is 0.830 bits per heavy atom. The molecule has 0 radical (unpaired) electrons. The van der Waals surface area contributed by atoms with Gasteiger partial charge >= 0.3 is 287 Å². The summed E-state index contributed by atoms with van der Waals surface area (Å²) in [4.78, 5) is 20.5. The van der Waals surface area contributed by atoms with Crippen LogP contribution in [0.15, 0.2) is 170 Å². The SMILES string of the molecule is CN(C)c1ccc([PH](c2ccccc2)(c2ccccc2)[Rh]([CH]=O)[PH](c2ccccc2)(c2ccccc2)c2ccc(N(C)C)cc2)cc1. The monoisotopic (exact) mass is 744 g/mol. The van der Waals surface area contributed by atoms with Gasteiger partial charge in [-0.2, -0.15) is 0 Å². The summed E-state index contributed by atoms with van der Waals surface area (Å²) < 4.78 is 0. The first-order valence-corrected chi connectivity index (χ1v) is 25.3. The summed E-state index contributed by atoms with van der Waals surface area (Å²) in [7, 11) is 8.32. The Morgan fingerprint density at radius 2 is 0.617 bits per heavy atom. The molecule has 0 saturated carbocycles. The molecular formula is C41H43N2OP2Rh. The number of carbonyl (C=O) groups excluding carboxylic acids is 1. The summed E-state index contributed by atoms with van der Waals surface area (Å²) in [5.41, 5.74) is -3.77. The van der Waals surface area contributed by atoms with Crippen molar-refractivity contribution in [3.05, 3.63) is 170 Å². The molecule has 0 N–H and O–H groups in total. The molecule has 47 heavy (non-hydrogen) atoms. The Bertz CT molecular complexity index is 1670. The van der Waals surface area contributed by atoms with Crippen molar-refractivity contribution in [3.63, 3.8) is 0 Å². The molecule has 0 aliphatic rings. The van der Waals surface area contributed by atoms with Crippen molar-refractivity contribution in [1.82, 2.24) is 0 Å². The third-order valence-electron chi connectivity index (χ3n) is 8.79. The number of carbonyl (C=O) groups is 1. The van der Waals surface area contributed by atoms with Gasteiger partial charge in [0, 0.05) is 0 Å². The van der Waals surface area contributed by atoms with Gasteiger partial charge in [-0.15, -0.1) is 0 Å². The molecule has 0 aliphatic carbocycles. The Hall–Kier alpha value is -3.93. The first kappa shape index (κ1) is 33.0. The van der Waals surface area contributed by atoms with E-state index in [4.69, 9.17) is 0 Å². The molecule has 242 valence electrons. The molecular weight excluding hydrogens is 701 g/mol. The number of anilines is 2. The van der Waals surface area contributed by atoms with E-state index in [1.54, 1.807) is 0 Å². The number of hydrogen-bond donors (Lipinski definition) is 0. The van der Waals surface area contributed by atoms with Gasteiger partial charge in [-0.3, -0.25) is 0 Å². The maximum atomic E-state index is 14.7. The molecule has 0 unspecified atom stereocenters. The van der Waals surface area contributed by atoms with E-state index < -0.39 is 26.2 Å². The van der Waals surface area contributed by atoms with Crippen molar-refractivity contribution in [2.24, 2.45) is 0 Å². The van der Waals surface area contributed by atoms with E-state index in [9.17, 15) is 4.79 Å². The number of rotatable bonds is 11.